The third-order valence-corrected chi connectivity index (χ3v) is 6.55. The second kappa shape index (κ2) is 8.75. The summed E-state index contributed by atoms with van der Waals surface area (Å²) in [6, 6.07) is 6.49. The molecule has 1 saturated carbocycles. The van der Waals surface area contributed by atoms with Crippen LogP contribution in [0.2, 0.25) is 0 Å². The number of anilines is 1. The lowest BCUT2D eigenvalue weighted by Gasteiger charge is -2.20. The summed E-state index contributed by atoms with van der Waals surface area (Å²) in [5, 5.41) is 12.1. The molecular weight excluding hydrogens is 424 g/mol. The van der Waals surface area contributed by atoms with Gasteiger partial charge < -0.3 is 10.4 Å². The summed E-state index contributed by atoms with van der Waals surface area (Å²) in [7, 11) is -3.03. The highest BCUT2D eigenvalue weighted by atomic mass is 32.2. The van der Waals surface area contributed by atoms with Crippen LogP contribution in [0.1, 0.15) is 41.6 Å². The molecule has 162 valence electrons. The lowest BCUT2D eigenvalue weighted by Crippen LogP contribution is -2.39. The zero-order valence-electron chi connectivity index (χ0n) is 15.7. The quantitative estimate of drug-likeness (QED) is 0.470. The number of hydrogen-bond donors (Lipinski definition) is 3. The largest absolute Gasteiger partial charge is 0.391 e. The van der Waals surface area contributed by atoms with E-state index in [-0.39, 0.29) is 22.2 Å². The first kappa shape index (κ1) is 22.3. The fourth-order valence-corrected chi connectivity index (χ4v) is 4.79. The van der Waals surface area contributed by atoms with Crippen LogP contribution in [0.25, 0.3) is 0 Å². The van der Waals surface area contributed by atoms with Gasteiger partial charge in [-0.25, -0.2) is 26.5 Å². The first-order chi connectivity index (χ1) is 14.1. The zero-order chi connectivity index (χ0) is 22.1. The van der Waals surface area contributed by atoms with Crippen molar-refractivity contribution in [3.63, 3.8) is 0 Å². The summed E-state index contributed by atoms with van der Waals surface area (Å²) in [5.74, 6) is -0.314. The summed E-state index contributed by atoms with van der Waals surface area (Å²) < 4.78 is 68.5. The number of amides is 1. The van der Waals surface area contributed by atoms with Gasteiger partial charge in [-0.2, -0.15) is 0 Å². The van der Waals surface area contributed by atoms with Crippen molar-refractivity contribution in [2.24, 2.45) is 0 Å². The number of aliphatic hydroxyl groups is 1. The Morgan fingerprint density at radius 2 is 1.93 bits per heavy atom. The Hall–Kier alpha value is -2.43. The van der Waals surface area contributed by atoms with E-state index in [9.17, 15) is 31.7 Å². The van der Waals surface area contributed by atoms with Crippen LogP contribution in [0.5, 0.6) is 0 Å². The Kier molecular flexibility index (Phi) is 6.49. The predicted molar refractivity (Wildman–Crippen MR) is 106 cm³/mol. The maximum Gasteiger partial charge on any atom is 0.266 e. The van der Waals surface area contributed by atoms with Gasteiger partial charge in [0.25, 0.3) is 12.3 Å². The topological polar surface area (TPSA) is 78.4 Å². The SMILES string of the molecule is C=S(=O)(NC1CCCC1O)c1cccc(C(=O)Nc2cc(F)c(F)c(C(F)F)c2)c1. The van der Waals surface area contributed by atoms with Crippen molar-refractivity contribution in [1.82, 2.24) is 4.72 Å². The van der Waals surface area contributed by atoms with Crippen LogP contribution >= 0.6 is 0 Å². The van der Waals surface area contributed by atoms with E-state index in [1.807, 2.05) is 0 Å². The molecule has 1 fully saturated rings. The Morgan fingerprint density at radius 3 is 2.57 bits per heavy atom. The third-order valence-electron chi connectivity index (χ3n) is 4.85. The smallest absolute Gasteiger partial charge is 0.266 e. The molecule has 1 aliphatic carbocycles. The van der Waals surface area contributed by atoms with Gasteiger partial charge in [0, 0.05) is 28.3 Å². The van der Waals surface area contributed by atoms with Crippen molar-refractivity contribution in [2.45, 2.75) is 42.7 Å². The molecule has 3 rings (SSSR count). The summed E-state index contributed by atoms with van der Waals surface area (Å²) in [6.45, 7) is 0. The standard InChI is InChI=1S/C20H20F4N2O3S/c1-30(29,26-16-6-3-7-17(16)27)13-5-2-4-11(8-13)20(28)25-12-9-14(19(23)24)18(22)15(21)10-12/h2,4-5,8-10,16-17,19,27H,1,3,6-7H2,(H,25,28)(H,26,29). The van der Waals surface area contributed by atoms with Crippen LogP contribution < -0.4 is 10.0 Å². The Bertz CT molecular complexity index is 1060. The maximum absolute atomic E-state index is 13.6. The maximum atomic E-state index is 13.6. The highest BCUT2D eigenvalue weighted by Crippen LogP contribution is 2.28. The number of hydrogen-bond acceptors (Lipinski definition) is 3. The molecule has 1 aliphatic rings. The minimum absolute atomic E-state index is 0.0148. The average Bonchev–Trinajstić information content (AvgIpc) is 3.08. The van der Waals surface area contributed by atoms with Gasteiger partial charge in [-0.1, -0.05) is 6.07 Å². The summed E-state index contributed by atoms with van der Waals surface area (Å²) in [4.78, 5) is 12.7. The van der Waals surface area contributed by atoms with E-state index < -0.39 is 45.3 Å². The molecule has 30 heavy (non-hydrogen) atoms. The zero-order valence-corrected chi connectivity index (χ0v) is 16.5. The van der Waals surface area contributed by atoms with Crippen LogP contribution in [0, 0.1) is 11.6 Å². The first-order valence-electron chi connectivity index (χ1n) is 9.09. The van der Waals surface area contributed by atoms with Crippen molar-refractivity contribution in [2.75, 3.05) is 5.32 Å². The molecule has 2 aromatic carbocycles. The van der Waals surface area contributed by atoms with Crippen molar-refractivity contribution < 1.29 is 31.7 Å². The second-order valence-corrected chi connectivity index (χ2v) is 9.10. The highest BCUT2D eigenvalue weighted by Gasteiger charge is 2.28. The molecule has 10 heteroatoms. The molecule has 2 aromatic rings. The van der Waals surface area contributed by atoms with Crippen LogP contribution in [0.4, 0.5) is 23.2 Å². The van der Waals surface area contributed by atoms with E-state index in [1.54, 1.807) is 0 Å². The number of nitrogens with one attached hydrogen (secondary N) is 2. The lowest BCUT2D eigenvalue weighted by molar-refractivity contribution is 0.102. The lowest BCUT2D eigenvalue weighted by atomic mass is 10.1. The van der Waals surface area contributed by atoms with Crippen LogP contribution in [0.15, 0.2) is 41.3 Å². The van der Waals surface area contributed by atoms with Crippen LogP contribution in [-0.4, -0.2) is 33.2 Å². The van der Waals surface area contributed by atoms with Gasteiger partial charge >= 0.3 is 0 Å². The normalized spacial score (nSPS) is 20.9. The minimum Gasteiger partial charge on any atom is -0.391 e. The first-order valence-corrected chi connectivity index (χ1v) is 10.8. The van der Waals surface area contributed by atoms with E-state index in [1.165, 1.54) is 24.3 Å². The van der Waals surface area contributed by atoms with Gasteiger partial charge in [0.1, 0.15) is 0 Å². The number of halogens is 4. The van der Waals surface area contributed by atoms with E-state index in [0.717, 1.165) is 6.42 Å². The molecule has 0 aliphatic heterocycles. The summed E-state index contributed by atoms with van der Waals surface area (Å²) in [5.41, 5.74) is -1.50. The molecule has 0 saturated heterocycles. The number of benzene rings is 2. The van der Waals surface area contributed by atoms with Crippen molar-refractivity contribution in [3.8, 4) is 0 Å². The monoisotopic (exact) mass is 444 g/mol. The molecule has 5 nitrogen and oxygen atoms in total. The van der Waals surface area contributed by atoms with E-state index in [4.69, 9.17) is 0 Å². The second-order valence-electron chi connectivity index (χ2n) is 7.04. The number of rotatable bonds is 6. The van der Waals surface area contributed by atoms with Gasteiger partial charge in [0.05, 0.1) is 21.4 Å². The minimum atomic E-state index is -3.26. The van der Waals surface area contributed by atoms with Crippen molar-refractivity contribution in [3.05, 3.63) is 59.2 Å². The molecule has 3 unspecified atom stereocenters. The predicted octanol–water partition coefficient (Wildman–Crippen LogP) is 3.65. The number of carbonyl (C=O) groups is 1. The van der Waals surface area contributed by atoms with Gasteiger partial charge in [-0.3, -0.25) is 4.79 Å². The Morgan fingerprint density at radius 1 is 1.20 bits per heavy atom. The number of alkyl halides is 2. The van der Waals surface area contributed by atoms with Gasteiger partial charge in [-0.05, 0) is 49.4 Å². The van der Waals surface area contributed by atoms with E-state index >= 15 is 0 Å². The number of aliphatic hydroxyl groups excluding tert-OH is 1. The molecule has 0 spiro atoms. The van der Waals surface area contributed by atoms with Crippen LogP contribution in [0.3, 0.4) is 0 Å². The fraction of sp³-hybridized carbons (Fsp3) is 0.300. The molecule has 0 aromatic heterocycles. The fourth-order valence-electron chi connectivity index (χ4n) is 3.28. The summed E-state index contributed by atoms with van der Waals surface area (Å²) in [6.07, 6.45) is -1.89. The van der Waals surface area contributed by atoms with Crippen LogP contribution in [-0.2, 0) is 9.71 Å². The molecule has 0 heterocycles. The summed E-state index contributed by atoms with van der Waals surface area (Å²) >= 11 is 0. The molecule has 3 N–H and O–H groups in total. The molecular formula is C20H20F4N2O3S. The van der Waals surface area contributed by atoms with E-state index in [2.05, 4.69) is 15.9 Å². The van der Waals surface area contributed by atoms with E-state index in [0.29, 0.717) is 25.0 Å². The van der Waals surface area contributed by atoms with Gasteiger partial charge in [0.2, 0.25) is 0 Å². The molecule has 1 amide bonds. The molecule has 3 atom stereocenters. The van der Waals surface area contributed by atoms with Gasteiger partial charge in [0.15, 0.2) is 11.6 Å². The highest BCUT2D eigenvalue weighted by molar-refractivity contribution is 7.98. The molecule has 0 radical (unpaired) electrons. The molecule has 0 bridgehead atoms. The Balaban J connectivity index is 1.81. The number of carbonyl (C=O) groups excluding carboxylic acids is 1. The third kappa shape index (κ3) is 4.82. The Labute approximate surface area is 171 Å². The van der Waals surface area contributed by atoms with Gasteiger partial charge in [-0.15, -0.1) is 0 Å². The van der Waals surface area contributed by atoms with Crippen molar-refractivity contribution in [1.29, 1.82) is 0 Å². The average molecular weight is 444 g/mol. The van der Waals surface area contributed by atoms with Crippen molar-refractivity contribution >= 4 is 27.2 Å².